The van der Waals surface area contributed by atoms with Gasteiger partial charge >= 0.3 is 0 Å². The molecule has 0 radical (unpaired) electrons. The molecule has 1 aromatic rings. The topological polar surface area (TPSA) is 56.3 Å². The van der Waals surface area contributed by atoms with Crippen LogP contribution in [0.3, 0.4) is 0 Å². The molecule has 0 aliphatic carbocycles. The van der Waals surface area contributed by atoms with Gasteiger partial charge in [0, 0.05) is 24.9 Å². The molecule has 1 saturated heterocycles. The monoisotopic (exact) mass is 237 g/mol. The molecule has 1 aliphatic rings. The Morgan fingerprint density at radius 3 is 2.94 bits per heavy atom. The first-order valence-electron chi connectivity index (χ1n) is 5.96. The molecule has 1 fully saturated rings. The molecule has 2 rings (SSSR count). The minimum Gasteiger partial charge on any atom is -0.480 e. The van der Waals surface area contributed by atoms with Crippen molar-refractivity contribution in [2.45, 2.75) is 18.9 Å². The fourth-order valence-electron chi connectivity index (χ4n) is 2.33. The summed E-state index contributed by atoms with van der Waals surface area (Å²) in [5, 5.41) is 3.30. The van der Waals surface area contributed by atoms with E-state index in [2.05, 4.69) is 15.3 Å². The second-order valence-corrected chi connectivity index (χ2v) is 4.19. The van der Waals surface area contributed by atoms with Crippen LogP contribution in [-0.2, 0) is 4.74 Å². The molecule has 17 heavy (non-hydrogen) atoms. The Morgan fingerprint density at radius 2 is 2.29 bits per heavy atom. The van der Waals surface area contributed by atoms with E-state index in [4.69, 9.17) is 9.47 Å². The van der Waals surface area contributed by atoms with Crippen LogP contribution in [0.1, 0.15) is 24.6 Å². The van der Waals surface area contributed by atoms with Crippen molar-refractivity contribution in [1.82, 2.24) is 15.3 Å². The van der Waals surface area contributed by atoms with Crippen LogP contribution in [-0.4, -0.2) is 37.3 Å². The first-order chi connectivity index (χ1) is 8.36. The lowest BCUT2D eigenvalue weighted by atomic mass is 9.91. The van der Waals surface area contributed by atoms with Crippen molar-refractivity contribution < 1.29 is 9.47 Å². The van der Waals surface area contributed by atoms with Crippen LogP contribution in [0.2, 0.25) is 0 Å². The van der Waals surface area contributed by atoms with E-state index < -0.39 is 0 Å². The van der Waals surface area contributed by atoms with Crippen LogP contribution in [0.25, 0.3) is 0 Å². The molecule has 1 N–H and O–H groups in total. The van der Waals surface area contributed by atoms with E-state index in [1.165, 1.54) is 0 Å². The molecule has 0 saturated carbocycles. The van der Waals surface area contributed by atoms with Gasteiger partial charge in [-0.05, 0) is 19.9 Å². The molecule has 5 nitrogen and oxygen atoms in total. The summed E-state index contributed by atoms with van der Waals surface area (Å²) in [4.78, 5) is 8.59. The van der Waals surface area contributed by atoms with E-state index in [0.717, 1.165) is 31.7 Å². The second-order valence-electron chi connectivity index (χ2n) is 4.19. The number of hydrogen-bond donors (Lipinski definition) is 1. The number of hydrogen-bond acceptors (Lipinski definition) is 5. The molecule has 0 amide bonds. The van der Waals surface area contributed by atoms with Crippen molar-refractivity contribution in [2.75, 3.05) is 27.4 Å². The third kappa shape index (κ3) is 2.73. The highest BCUT2D eigenvalue weighted by Gasteiger charge is 2.28. The van der Waals surface area contributed by atoms with Crippen molar-refractivity contribution in [1.29, 1.82) is 0 Å². The van der Waals surface area contributed by atoms with Gasteiger partial charge in [-0.25, -0.2) is 4.98 Å². The zero-order chi connectivity index (χ0) is 12.1. The fourth-order valence-corrected chi connectivity index (χ4v) is 2.33. The van der Waals surface area contributed by atoms with Crippen LogP contribution in [0.15, 0.2) is 12.4 Å². The van der Waals surface area contributed by atoms with Gasteiger partial charge in [0.15, 0.2) is 0 Å². The third-order valence-electron chi connectivity index (χ3n) is 3.16. The lowest BCUT2D eigenvalue weighted by molar-refractivity contribution is 0.0391. The predicted octanol–water partition coefficient (Wildman–Crippen LogP) is 1.17. The number of nitrogens with zero attached hydrogens (tertiary/aromatic N) is 2. The summed E-state index contributed by atoms with van der Waals surface area (Å²) in [5.74, 6) is 1.02. The molecule has 94 valence electrons. The van der Waals surface area contributed by atoms with Crippen LogP contribution in [0, 0.1) is 5.92 Å². The van der Waals surface area contributed by atoms with Crippen molar-refractivity contribution in [2.24, 2.45) is 5.92 Å². The smallest absolute Gasteiger partial charge is 0.237 e. The molecule has 1 aliphatic heterocycles. The summed E-state index contributed by atoms with van der Waals surface area (Å²) in [7, 11) is 3.56. The number of rotatable bonds is 4. The molecule has 2 heterocycles. The fraction of sp³-hybridized carbons (Fsp3) is 0.667. The molecular formula is C12H19N3O2. The first-order valence-corrected chi connectivity index (χ1v) is 5.96. The molecule has 0 spiro atoms. The molecule has 2 atom stereocenters. The third-order valence-corrected chi connectivity index (χ3v) is 3.16. The Hall–Kier alpha value is -1.20. The van der Waals surface area contributed by atoms with Crippen LogP contribution >= 0.6 is 0 Å². The Labute approximate surface area is 102 Å². The Bertz CT molecular complexity index is 353. The van der Waals surface area contributed by atoms with Crippen molar-refractivity contribution in [3.05, 3.63) is 18.1 Å². The highest BCUT2D eigenvalue weighted by Crippen LogP contribution is 2.30. The average Bonchev–Trinajstić information content (AvgIpc) is 2.41. The Balaban J connectivity index is 2.21. The second kappa shape index (κ2) is 5.93. The predicted molar refractivity (Wildman–Crippen MR) is 63.9 cm³/mol. The minimum atomic E-state index is 0.138. The van der Waals surface area contributed by atoms with Gasteiger partial charge in [-0.1, -0.05) is 0 Å². The standard InChI is InChI=1S/C12H19N3O2/c1-13-10(9-4-3-7-17-8-9)11-12(16-2)15-6-5-14-11/h5-6,9-10,13H,3-4,7-8H2,1-2H3. The quantitative estimate of drug-likeness (QED) is 0.852. The Kier molecular flexibility index (Phi) is 4.28. The number of nitrogens with one attached hydrogen (secondary N) is 1. The van der Waals surface area contributed by atoms with Gasteiger partial charge in [0.1, 0.15) is 5.69 Å². The average molecular weight is 237 g/mol. The number of ether oxygens (including phenoxy) is 2. The molecule has 1 aromatic heterocycles. The minimum absolute atomic E-state index is 0.138. The van der Waals surface area contributed by atoms with E-state index in [9.17, 15) is 0 Å². The van der Waals surface area contributed by atoms with Crippen LogP contribution < -0.4 is 10.1 Å². The summed E-state index contributed by atoms with van der Waals surface area (Å²) in [6, 6.07) is 0.138. The number of methoxy groups -OCH3 is 1. The van der Waals surface area contributed by atoms with E-state index in [-0.39, 0.29) is 6.04 Å². The molecule has 2 unspecified atom stereocenters. The molecule has 5 heteroatoms. The zero-order valence-corrected chi connectivity index (χ0v) is 10.3. The van der Waals surface area contributed by atoms with Gasteiger partial charge in [-0.15, -0.1) is 0 Å². The maximum atomic E-state index is 5.53. The van der Waals surface area contributed by atoms with Gasteiger partial charge in [0.25, 0.3) is 0 Å². The summed E-state index contributed by atoms with van der Waals surface area (Å²) in [5.41, 5.74) is 0.869. The number of aromatic nitrogens is 2. The Morgan fingerprint density at radius 1 is 1.47 bits per heavy atom. The van der Waals surface area contributed by atoms with Crippen molar-refractivity contribution in [3.8, 4) is 5.88 Å². The van der Waals surface area contributed by atoms with Gasteiger partial charge in [0.05, 0.1) is 19.8 Å². The van der Waals surface area contributed by atoms with Crippen molar-refractivity contribution in [3.63, 3.8) is 0 Å². The zero-order valence-electron chi connectivity index (χ0n) is 10.3. The first kappa shape index (κ1) is 12.3. The van der Waals surface area contributed by atoms with Gasteiger partial charge < -0.3 is 14.8 Å². The van der Waals surface area contributed by atoms with Gasteiger partial charge in [0.2, 0.25) is 5.88 Å². The maximum Gasteiger partial charge on any atom is 0.237 e. The van der Waals surface area contributed by atoms with E-state index in [1.54, 1.807) is 19.5 Å². The lowest BCUT2D eigenvalue weighted by Crippen LogP contribution is -2.32. The van der Waals surface area contributed by atoms with Crippen molar-refractivity contribution >= 4 is 0 Å². The van der Waals surface area contributed by atoms with E-state index in [1.807, 2.05) is 7.05 Å². The maximum absolute atomic E-state index is 5.53. The van der Waals surface area contributed by atoms with Gasteiger partial charge in [-0.3, -0.25) is 4.98 Å². The van der Waals surface area contributed by atoms with E-state index >= 15 is 0 Å². The highest BCUT2D eigenvalue weighted by molar-refractivity contribution is 5.22. The van der Waals surface area contributed by atoms with Crippen LogP contribution in [0.4, 0.5) is 0 Å². The lowest BCUT2D eigenvalue weighted by Gasteiger charge is -2.29. The largest absolute Gasteiger partial charge is 0.480 e. The normalized spacial score (nSPS) is 22.1. The summed E-state index contributed by atoms with van der Waals surface area (Å²) < 4.78 is 10.8. The summed E-state index contributed by atoms with van der Waals surface area (Å²) >= 11 is 0. The SMILES string of the molecule is CNC(c1nccnc1OC)C1CCCOC1. The highest BCUT2D eigenvalue weighted by atomic mass is 16.5. The molecule has 0 bridgehead atoms. The van der Waals surface area contributed by atoms with Crippen LogP contribution in [0.5, 0.6) is 5.88 Å². The summed E-state index contributed by atoms with van der Waals surface area (Å²) in [6.45, 7) is 1.63. The molecular weight excluding hydrogens is 218 g/mol. The summed E-state index contributed by atoms with van der Waals surface area (Å²) in [6.07, 6.45) is 5.59. The van der Waals surface area contributed by atoms with Gasteiger partial charge in [-0.2, -0.15) is 0 Å². The van der Waals surface area contributed by atoms with E-state index in [0.29, 0.717) is 11.8 Å². The molecule has 0 aromatic carbocycles.